The van der Waals surface area contributed by atoms with E-state index in [1.807, 2.05) is 17.4 Å². The second-order valence-corrected chi connectivity index (χ2v) is 10.0. The summed E-state index contributed by atoms with van der Waals surface area (Å²) < 4.78 is 7.67. The van der Waals surface area contributed by atoms with E-state index < -0.39 is 0 Å². The van der Waals surface area contributed by atoms with Crippen LogP contribution in [0.5, 0.6) is 0 Å². The number of rotatable bonds is 3. The summed E-state index contributed by atoms with van der Waals surface area (Å²) in [5.74, 6) is 0.976. The molecule has 1 saturated carbocycles. The van der Waals surface area contributed by atoms with Crippen molar-refractivity contribution in [2.24, 2.45) is 17.3 Å². The van der Waals surface area contributed by atoms with Crippen molar-refractivity contribution in [2.45, 2.75) is 50.7 Å². The molecule has 1 aliphatic carbocycles. The predicted octanol–water partition coefficient (Wildman–Crippen LogP) is 3.26. The minimum atomic E-state index is -0.327. The second-order valence-electron chi connectivity index (χ2n) is 10.0. The molecule has 0 bridgehead atoms. The Hall–Kier alpha value is -2.18. The third kappa shape index (κ3) is 3.06. The lowest BCUT2D eigenvalue weighted by Gasteiger charge is -2.58. The number of imidazole rings is 1. The summed E-state index contributed by atoms with van der Waals surface area (Å²) in [4.78, 5) is 19.2. The zero-order valence-electron chi connectivity index (χ0n) is 17.9. The normalized spacial score (nSPS) is 29.5. The van der Waals surface area contributed by atoms with E-state index in [1.54, 1.807) is 0 Å². The predicted molar refractivity (Wildman–Crippen MR) is 116 cm³/mol. The molecule has 164 valence electrons. The number of aliphatic hydroxyl groups excluding tert-OH is 1. The van der Waals surface area contributed by atoms with Crippen molar-refractivity contribution in [3.05, 3.63) is 42.4 Å². The molecule has 3 unspecified atom stereocenters. The maximum atomic E-state index is 12.8. The van der Waals surface area contributed by atoms with Crippen molar-refractivity contribution < 1.29 is 14.6 Å². The van der Waals surface area contributed by atoms with Gasteiger partial charge >= 0.3 is 0 Å². The minimum absolute atomic E-state index is 0.0294. The maximum absolute atomic E-state index is 12.8. The average Bonchev–Trinajstić information content (AvgIpc) is 3.40. The standard InChI is InChI=1S/C25H31N3O3/c29-22(13-17-5-11-31-12-6-17)27-9-7-25(8-10-27)14-20(24(25)30)23-19-4-2-1-3-18(19)21-15-26-16-28(21)23/h1-4,15-17,20,23-24,30H,5-14H2. The average molecular weight is 422 g/mol. The van der Waals surface area contributed by atoms with Gasteiger partial charge in [0.25, 0.3) is 0 Å². The molecule has 2 aromatic rings. The Bertz CT molecular complexity index is 972. The fourth-order valence-electron chi connectivity index (χ4n) is 6.62. The van der Waals surface area contributed by atoms with Crippen LogP contribution in [0.15, 0.2) is 36.8 Å². The Balaban J connectivity index is 1.11. The van der Waals surface area contributed by atoms with Gasteiger partial charge in [0, 0.05) is 49.6 Å². The third-order valence-electron chi connectivity index (χ3n) is 8.52. The van der Waals surface area contributed by atoms with Gasteiger partial charge in [-0.05, 0) is 43.6 Å². The first kappa shape index (κ1) is 19.5. The number of aliphatic hydroxyl groups is 1. The number of fused-ring (bicyclic) bond motifs is 3. The van der Waals surface area contributed by atoms with E-state index in [0.29, 0.717) is 18.2 Å². The van der Waals surface area contributed by atoms with Gasteiger partial charge in [-0.25, -0.2) is 4.98 Å². The summed E-state index contributed by atoms with van der Waals surface area (Å²) in [5.41, 5.74) is 3.68. The van der Waals surface area contributed by atoms with Crippen LogP contribution in [0, 0.1) is 17.3 Å². The van der Waals surface area contributed by atoms with Crippen LogP contribution in [0.3, 0.4) is 0 Å². The molecule has 1 N–H and O–H groups in total. The summed E-state index contributed by atoms with van der Waals surface area (Å²) in [6, 6.07) is 8.69. The first-order chi connectivity index (χ1) is 15.2. The topological polar surface area (TPSA) is 67.6 Å². The number of hydrogen-bond acceptors (Lipinski definition) is 4. The number of carbonyl (C=O) groups is 1. The maximum Gasteiger partial charge on any atom is 0.222 e. The highest BCUT2D eigenvalue weighted by atomic mass is 16.5. The van der Waals surface area contributed by atoms with Gasteiger partial charge in [0.05, 0.1) is 30.4 Å². The van der Waals surface area contributed by atoms with Crippen molar-refractivity contribution in [1.29, 1.82) is 0 Å². The van der Waals surface area contributed by atoms with Crippen molar-refractivity contribution in [2.75, 3.05) is 26.3 Å². The van der Waals surface area contributed by atoms with E-state index in [4.69, 9.17) is 4.74 Å². The molecule has 2 saturated heterocycles. The van der Waals surface area contributed by atoms with E-state index in [-0.39, 0.29) is 23.5 Å². The van der Waals surface area contributed by atoms with E-state index in [0.717, 1.165) is 64.1 Å². The molecule has 6 rings (SSSR count). The third-order valence-corrected chi connectivity index (χ3v) is 8.52. The molecule has 4 heterocycles. The number of nitrogens with zero attached hydrogens (tertiary/aromatic N) is 3. The zero-order chi connectivity index (χ0) is 21.0. The quantitative estimate of drug-likeness (QED) is 0.826. The number of aromatic nitrogens is 2. The lowest BCUT2D eigenvalue weighted by atomic mass is 9.53. The summed E-state index contributed by atoms with van der Waals surface area (Å²) in [7, 11) is 0. The first-order valence-electron chi connectivity index (χ1n) is 11.8. The molecule has 0 radical (unpaired) electrons. The van der Waals surface area contributed by atoms with Crippen molar-refractivity contribution in [3.63, 3.8) is 0 Å². The van der Waals surface area contributed by atoms with Gasteiger partial charge in [-0.3, -0.25) is 4.79 Å². The van der Waals surface area contributed by atoms with E-state index in [1.165, 1.54) is 11.1 Å². The SMILES string of the molecule is O=C(CC1CCOCC1)N1CCC2(CC1)CC(C1c3ccccc3-c3cncn31)C2O. The molecule has 1 aromatic carbocycles. The Morgan fingerprint density at radius 1 is 1.19 bits per heavy atom. The molecule has 1 aromatic heterocycles. The molecule has 3 aliphatic heterocycles. The summed E-state index contributed by atoms with van der Waals surface area (Å²) in [6.45, 7) is 3.14. The van der Waals surface area contributed by atoms with Crippen LogP contribution in [-0.4, -0.2) is 57.9 Å². The summed E-state index contributed by atoms with van der Waals surface area (Å²) in [6.07, 6.45) is 9.02. The Labute approximate surface area is 183 Å². The zero-order valence-corrected chi connectivity index (χ0v) is 17.9. The lowest BCUT2D eigenvalue weighted by molar-refractivity contribution is -0.165. The van der Waals surface area contributed by atoms with Crippen LogP contribution in [0.4, 0.5) is 0 Å². The van der Waals surface area contributed by atoms with Crippen molar-refractivity contribution in [1.82, 2.24) is 14.5 Å². The van der Waals surface area contributed by atoms with E-state index in [2.05, 4.69) is 33.8 Å². The molecule has 6 nitrogen and oxygen atoms in total. The highest BCUT2D eigenvalue weighted by Crippen LogP contribution is 2.59. The van der Waals surface area contributed by atoms with Crippen LogP contribution >= 0.6 is 0 Å². The van der Waals surface area contributed by atoms with Crippen molar-refractivity contribution in [3.8, 4) is 11.3 Å². The fourth-order valence-corrected chi connectivity index (χ4v) is 6.62. The monoisotopic (exact) mass is 421 g/mol. The second kappa shape index (κ2) is 7.45. The van der Waals surface area contributed by atoms with Crippen LogP contribution in [-0.2, 0) is 9.53 Å². The molecule has 31 heavy (non-hydrogen) atoms. The molecule has 3 fully saturated rings. The number of amides is 1. The van der Waals surface area contributed by atoms with Crippen LogP contribution in [0.2, 0.25) is 0 Å². The van der Waals surface area contributed by atoms with Crippen LogP contribution < -0.4 is 0 Å². The van der Waals surface area contributed by atoms with E-state index >= 15 is 0 Å². The summed E-state index contributed by atoms with van der Waals surface area (Å²) >= 11 is 0. The molecule has 6 heteroatoms. The molecule has 4 aliphatic rings. The van der Waals surface area contributed by atoms with Crippen LogP contribution in [0.25, 0.3) is 11.3 Å². The number of ether oxygens (including phenoxy) is 1. The lowest BCUT2D eigenvalue weighted by Crippen LogP contribution is -2.60. The van der Waals surface area contributed by atoms with Gasteiger partial charge in [-0.15, -0.1) is 0 Å². The smallest absolute Gasteiger partial charge is 0.222 e. The van der Waals surface area contributed by atoms with E-state index in [9.17, 15) is 9.90 Å². The van der Waals surface area contributed by atoms with Crippen LogP contribution in [0.1, 0.15) is 50.1 Å². The number of hydrogen-bond donors (Lipinski definition) is 1. The number of benzene rings is 1. The highest BCUT2D eigenvalue weighted by molar-refractivity contribution is 5.76. The molecular weight excluding hydrogens is 390 g/mol. The van der Waals surface area contributed by atoms with Gasteiger partial charge in [0.2, 0.25) is 5.91 Å². The Morgan fingerprint density at radius 3 is 2.74 bits per heavy atom. The molecule has 1 amide bonds. The van der Waals surface area contributed by atoms with Gasteiger partial charge in [-0.1, -0.05) is 24.3 Å². The molecule has 3 atom stereocenters. The number of carbonyl (C=O) groups excluding carboxylic acids is 1. The Morgan fingerprint density at radius 2 is 1.97 bits per heavy atom. The first-order valence-corrected chi connectivity index (χ1v) is 11.8. The Kier molecular flexibility index (Phi) is 4.69. The van der Waals surface area contributed by atoms with Gasteiger partial charge in [0.1, 0.15) is 0 Å². The van der Waals surface area contributed by atoms with Crippen molar-refractivity contribution >= 4 is 5.91 Å². The highest BCUT2D eigenvalue weighted by Gasteiger charge is 2.58. The van der Waals surface area contributed by atoms with Gasteiger partial charge < -0.3 is 19.3 Å². The van der Waals surface area contributed by atoms with Gasteiger partial charge in [0.15, 0.2) is 0 Å². The summed E-state index contributed by atoms with van der Waals surface area (Å²) in [5, 5.41) is 11.4. The van der Waals surface area contributed by atoms with Gasteiger partial charge in [-0.2, -0.15) is 0 Å². The largest absolute Gasteiger partial charge is 0.392 e. The number of piperidine rings is 1. The minimum Gasteiger partial charge on any atom is -0.392 e. The fraction of sp³-hybridized carbons (Fsp3) is 0.600. The molecular formula is C25H31N3O3. The number of likely N-dealkylation sites (tertiary alicyclic amines) is 1. The molecule has 1 spiro atoms.